The molecule has 0 saturated carbocycles. The second kappa shape index (κ2) is 19.7. The predicted molar refractivity (Wildman–Crippen MR) is 239 cm³/mol. The molecule has 4 aromatic carbocycles. The molecule has 0 heterocycles. The molecule has 3 atom stereocenters. The third-order valence-electron chi connectivity index (χ3n) is 10.9. The van der Waals surface area contributed by atoms with Crippen molar-refractivity contribution in [1.82, 2.24) is 0 Å². The van der Waals surface area contributed by atoms with E-state index in [2.05, 4.69) is 0 Å². The second-order valence-electron chi connectivity index (χ2n) is 17.6. The van der Waals surface area contributed by atoms with Gasteiger partial charge in [0.05, 0.1) is 11.1 Å². The van der Waals surface area contributed by atoms with Crippen molar-refractivity contribution in [1.29, 1.82) is 0 Å². The van der Waals surface area contributed by atoms with Crippen LogP contribution in [-0.4, -0.2) is 33.9 Å². The first-order chi connectivity index (χ1) is 28.3. The Bertz CT molecular complexity index is 2320. The summed E-state index contributed by atoms with van der Waals surface area (Å²) in [6, 6.07) is 14.4. The van der Waals surface area contributed by atoms with Crippen LogP contribution in [0.25, 0.3) is 0 Å². The van der Waals surface area contributed by atoms with Crippen molar-refractivity contribution < 1.29 is 50.1 Å². The molecular formula is C49H58F6O5P2. The molecule has 3 unspecified atom stereocenters. The standard InChI is InChI=1S/C26H29F6O2P.C23H29O3P/c1-14(2)13-35(22(33)20-15(3)11-17(12-16(20)4)24(5,6)7)23(34)21-18(25(27,28)29)9-8-10-19(21)26(30,31)32;1-8-19(7)27(26,22(24)20-15(3)10-9-11-16(20)4)23(25)21-17(5)12-14(2)13-18(21)6/h8-12,14H,13H2,1-7H3;9-13,19H,8H2,1-7H3. The maximum Gasteiger partial charge on any atom is 0.417 e. The minimum absolute atomic E-state index is 0.129. The monoisotopic (exact) mass is 902 g/mol. The average Bonchev–Trinajstić information content (AvgIpc) is 3.13. The van der Waals surface area contributed by atoms with E-state index in [1.54, 1.807) is 46.8 Å². The number of hydrogen-bond donors (Lipinski definition) is 0. The first-order valence-electron chi connectivity index (χ1n) is 20.4. The van der Waals surface area contributed by atoms with E-state index in [1.807, 2.05) is 92.6 Å². The summed E-state index contributed by atoms with van der Waals surface area (Å²) in [5.74, 6) is -0.309. The zero-order valence-corrected chi connectivity index (χ0v) is 39.8. The number of rotatable bonds is 12. The first-order valence-corrected chi connectivity index (χ1v) is 23.7. The molecule has 13 heteroatoms. The number of benzene rings is 4. The molecule has 4 aromatic rings. The van der Waals surface area contributed by atoms with Gasteiger partial charge in [-0.05, 0) is 123 Å². The van der Waals surface area contributed by atoms with E-state index >= 15 is 0 Å². The molecule has 4 rings (SSSR count). The molecule has 0 N–H and O–H groups in total. The van der Waals surface area contributed by atoms with Gasteiger partial charge in [0.25, 0.3) is 0 Å². The van der Waals surface area contributed by atoms with Crippen LogP contribution in [-0.2, 0) is 22.3 Å². The lowest BCUT2D eigenvalue weighted by Crippen LogP contribution is -2.22. The fourth-order valence-corrected chi connectivity index (χ4v) is 12.9. The fraction of sp³-hybridized carbons (Fsp3) is 0.429. The van der Waals surface area contributed by atoms with Crippen LogP contribution in [0.1, 0.15) is 152 Å². The first kappa shape index (κ1) is 52.1. The fourth-order valence-electron chi connectivity index (χ4n) is 7.63. The summed E-state index contributed by atoms with van der Waals surface area (Å²) in [4.78, 5) is 54.3. The zero-order chi connectivity index (χ0) is 47.6. The third-order valence-corrected chi connectivity index (χ3v) is 16.7. The van der Waals surface area contributed by atoms with Gasteiger partial charge in [0.15, 0.2) is 11.0 Å². The number of halogens is 6. The van der Waals surface area contributed by atoms with Crippen LogP contribution < -0.4 is 0 Å². The third kappa shape index (κ3) is 11.3. The Labute approximate surface area is 363 Å². The Morgan fingerprint density at radius 3 is 1.32 bits per heavy atom. The molecule has 0 radical (unpaired) electrons. The van der Waals surface area contributed by atoms with Crippen molar-refractivity contribution in [3.05, 3.63) is 139 Å². The van der Waals surface area contributed by atoms with Gasteiger partial charge in [-0.2, -0.15) is 26.3 Å². The summed E-state index contributed by atoms with van der Waals surface area (Å²) in [7, 11) is -6.39. The van der Waals surface area contributed by atoms with Crippen molar-refractivity contribution in [3.63, 3.8) is 0 Å². The Kier molecular flexibility index (Phi) is 16.6. The van der Waals surface area contributed by atoms with Gasteiger partial charge < -0.3 is 4.57 Å². The number of carbonyl (C=O) groups excluding carboxylic acids is 4. The predicted octanol–water partition coefficient (Wildman–Crippen LogP) is 15.1. The molecular weight excluding hydrogens is 844 g/mol. The molecule has 0 fully saturated rings. The van der Waals surface area contributed by atoms with E-state index in [1.165, 1.54) is 0 Å². The molecule has 62 heavy (non-hydrogen) atoms. The Balaban J connectivity index is 0.000000341. The second-order valence-corrected chi connectivity index (χ2v) is 22.7. The SMILES string of the molecule is CCC(C)P(=O)(C(=O)c1c(C)cccc1C)C(=O)c1c(C)cc(C)cc1C.Cc1cc(C(C)(C)C)cc(C)c1C(=O)P(CC(C)C)C(=O)c1c(C(F)(F)F)cccc1C(F)(F)F. The van der Waals surface area contributed by atoms with Crippen LogP contribution in [0, 0.1) is 54.4 Å². The lowest BCUT2D eigenvalue weighted by molar-refractivity contribution is -0.143. The molecule has 0 amide bonds. The van der Waals surface area contributed by atoms with Gasteiger partial charge in [0.2, 0.25) is 18.2 Å². The molecule has 0 saturated heterocycles. The number of carbonyl (C=O) groups is 4. The molecule has 0 bridgehead atoms. The van der Waals surface area contributed by atoms with Crippen molar-refractivity contribution in [2.24, 2.45) is 5.92 Å². The molecule has 5 nitrogen and oxygen atoms in total. The zero-order valence-electron chi connectivity index (χ0n) is 38.0. The lowest BCUT2D eigenvalue weighted by atomic mass is 9.84. The van der Waals surface area contributed by atoms with Crippen LogP contribution in [0.4, 0.5) is 26.3 Å². The van der Waals surface area contributed by atoms with Crippen molar-refractivity contribution in [2.45, 2.75) is 127 Å². The largest absolute Gasteiger partial charge is 0.417 e. The highest BCUT2D eigenvalue weighted by Gasteiger charge is 2.47. The van der Waals surface area contributed by atoms with Gasteiger partial charge in [-0.15, -0.1) is 0 Å². The molecule has 0 aromatic heterocycles. The minimum Gasteiger partial charge on any atom is -0.306 e. The van der Waals surface area contributed by atoms with E-state index in [-0.39, 0.29) is 23.1 Å². The minimum atomic E-state index is -5.20. The molecule has 0 spiro atoms. The average molecular weight is 903 g/mol. The number of aryl methyl sites for hydroxylation is 7. The van der Waals surface area contributed by atoms with Gasteiger partial charge in [-0.1, -0.05) is 103 Å². The highest BCUT2D eigenvalue weighted by molar-refractivity contribution is 7.96. The summed E-state index contributed by atoms with van der Waals surface area (Å²) in [6.07, 6.45) is -10.0. The highest BCUT2D eigenvalue weighted by Crippen LogP contribution is 2.58. The van der Waals surface area contributed by atoms with Gasteiger partial charge in [0.1, 0.15) is 0 Å². The quantitative estimate of drug-likeness (QED) is 0.104. The summed E-state index contributed by atoms with van der Waals surface area (Å²) < 4.78 is 96.4. The molecule has 0 aliphatic carbocycles. The maximum absolute atomic E-state index is 14.1. The lowest BCUT2D eigenvalue weighted by Gasteiger charge is -2.25. The van der Waals surface area contributed by atoms with Crippen molar-refractivity contribution >= 4 is 37.2 Å². The van der Waals surface area contributed by atoms with E-state index in [4.69, 9.17) is 0 Å². The summed E-state index contributed by atoms with van der Waals surface area (Å²) in [5.41, 5.74) is -1.58. The van der Waals surface area contributed by atoms with E-state index in [0.29, 0.717) is 46.9 Å². The Morgan fingerprint density at radius 1 is 0.581 bits per heavy atom. The van der Waals surface area contributed by atoms with Crippen LogP contribution in [0.3, 0.4) is 0 Å². The van der Waals surface area contributed by atoms with E-state index in [0.717, 1.165) is 33.4 Å². The molecule has 0 aliphatic rings. The van der Waals surface area contributed by atoms with Crippen LogP contribution >= 0.6 is 15.1 Å². The summed E-state index contributed by atoms with van der Waals surface area (Å²) >= 11 is 0. The Hall–Kier alpha value is -4.20. The van der Waals surface area contributed by atoms with Gasteiger partial charge in [-0.3, -0.25) is 19.2 Å². The molecule has 0 aliphatic heterocycles. The van der Waals surface area contributed by atoms with Crippen molar-refractivity contribution in [3.8, 4) is 0 Å². The Morgan fingerprint density at radius 2 is 0.952 bits per heavy atom. The summed E-state index contributed by atoms with van der Waals surface area (Å²) in [6.45, 7) is 25.5. The highest BCUT2D eigenvalue weighted by atomic mass is 31.2. The topological polar surface area (TPSA) is 85.3 Å². The van der Waals surface area contributed by atoms with E-state index in [9.17, 15) is 50.1 Å². The van der Waals surface area contributed by atoms with Gasteiger partial charge in [0, 0.05) is 35.8 Å². The number of hydrogen-bond acceptors (Lipinski definition) is 5. The van der Waals surface area contributed by atoms with E-state index < -0.39 is 71.9 Å². The van der Waals surface area contributed by atoms with Crippen LogP contribution in [0.15, 0.2) is 60.7 Å². The van der Waals surface area contributed by atoms with Crippen LogP contribution in [0.2, 0.25) is 0 Å². The summed E-state index contributed by atoms with van der Waals surface area (Å²) in [5, 5.41) is 0. The number of alkyl halides is 6. The normalized spacial score (nSPS) is 14.1. The van der Waals surface area contributed by atoms with Gasteiger partial charge >= 0.3 is 12.4 Å². The van der Waals surface area contributed by atoms with Crippen LogP contribution in [0.5, 0.6) is 0 Å². The maximum atomic E-state index is 14.1. The van der Waals surface area contributed by atoms with Crippen molar-refractivity contribution in [2.75, 3.05) is 6.16 Å². The van der Waals surface area contributed by atoms with Gasteiger partial charge in [-0.25, -0.2) is 0 Å². The smallest absolute Gasteiger partial charge is 0.306 e. The molecule has 336 valence electrons.